The zero-order valence-corrected chi connectivity index (χ0v) is 10.8. The van der Waals surface area contributed by atoms with Gasteiger partial charge in [-0.25, -0.2) is 0 Å². The number of nitro benzene ring substituents is 1. The highest BCUT2D eigenvalue weighted by molar-refractivity contribution is 9.09. The molecule has 0 fully saturated rings. The first kappa shape index (κ1) is 15.4. The quantitative estimate of drug-likeness (QED) is 0.356. The van der Waals surface area contributed by atoms with E-state index in [2.05, 4.69) is 20.7 Å². The van der Waals surface area contributed by atoms with Crippen molar-refractivity contribution in [1.29, 1.82) is 0 Å². The Balaban J connectivity index is 3.30. The highest BCUT2D eigenvalue weighted by Crippen LogP contribution is 2.35. The summed E-state index contributed by atoms with van der Waals surface area (Å²) in [5.74, 6) is -1.64. The molecule has 9 heteroatoms. The van der Waals surface area contributed by atoms with Gasteiger partial charge in [0.15, 0.2) is 5.78 Å². The third kappa shape index (κ3) is 4.19. The van der Waals surface area contributed by atoms with E-state index in [-0.39, 0.29) is 11.8 Å². The SMILES string of the molecule is O=C(CCBr)c1cccc(OC(F)(F)F)c1[N+](=O)[O-]. The van der Waals surface area contributed by atoms with E-state index in [1.165, 1.54) is 0 Å². The summed E-state index contributed by atoms with van der Waals surface area (Å²) >= 11 is 2.97. The Morgan fingerprint density at radius 1 is 1.42 bits per heavy atom. The van der Waals surface area contributed by atoms with Crippen molar-refractivity contribution < 1.29 is 27.6 Å². The van der Waals surface area contributed by atoms with Gasteiger partial charge in [-0.2, -0.15) is 0 Å². The number of benzene rings is 1. The maximum Gasteiger partial charge on any atom is 0.573 e. The van der Waals surface area contributed by atoms with Crippen LogP contribution in [0.5, 0.6) is 5.75 Å². The maximum absolute atomic E-state index is 12.1. The molecule has 0 aliphatic rings. The molecule has 5 nitrogen and oxygen atoms in total. The van der Waals surface area contributed by atoms with E-state index >= 15 is 0 Å². The van der Waals surface area contributed by atoms with Gasteiger partial charge >= 0.3 is 12.0 Å². The maximum atomic E-state index is 12.1. The Hall–Kier alpha value is -1.64. The first-order chi connectivity index (χ1) is 8.76. The lowest BCUT2D eigenvalue weighted by Gasteiger charge is -2.10. The summed E-state index contributed by atoms with van der Waals surface area (Å²) in [6.45, 7) is 0. The lowest BCUT2D eigenvalue weighted by atomic mass is 10.1. The topological polar surface area (TPSA) is 69.4 Å². The van der Waals surface area contributed by atoms with Crippen LogP contribution in [-0.2, 0) is 0 Å². The van der Waals surface area contributed by atoms with Gasteiger partial charge in [-0.1, -0.05) is 22.0 Å². The second kappa shape index (κ2) is 6.00. The van der Waals surface area contributed by atoms with Crippen LogP contribution in [0.1, 0.15) is 16.8 Å². The van der Waals surface area contributed by atoms with E-state index in [0.717, 1.165) is 18.2 Å². The number of rotatable bonds is 5. The van der Waals surface area contributed by atoms with Crippen molar-refractivity contribution in [1.82, 2.24) is 0 Å². The zero-order valence-electron chi connectivity index (χ0n) is 9.24. The summed E-state index contributed by atoms with van der Waals surface area (Å²) in [6.07, 6.45) is -5.14. The lowest BCUT2D eigenvalue weighted by molar-refractivity contribution is -0.388. The monoisotopic (exact) mass is 341 g/mol. The van der Waals surface area contributed by atoms with Gasteiger partial charge in [-0.3, -0.25) is 14.9 Å². The smallest absolute Gasteiger partial charge is 0.398 e. The second-order valence-electron chi connectivity index (χ2n) is 3.32. The van der Waals surface area contributed by atoms with Crippen LogP contribution in [0, 0.1) is 10.1 Å². The number of halogens is 4. The number of ether oxygens (including phenoxy) is 1. The van der Waals surface area contributed by atoms with Crippen LogP contribution in [-0.4, -0.2) is 22.4 Å². The average Bonchev–Trinajstić information content (AvgIpc) is 2.26. The number of hydrogen-bond donors (Lipinski definition) is 0. The molecular formula is C10H7BrF3NO4. The van der Waals surface area contributed by atoms with Crippen LogP contribution in [0.2, 0.25) is 0 Å². The standard InChI is InChI=1S/C10H7BrF3NO4/c11-5-4-7(16)6-2-1-3-8(9(6)15(17)18)19-10(12,13)14/h1-3H,4-5H2. The molecular weight excluding hydrogens is 335 g/mol. The fraction of sp³-hybridized carbons (Fsp3) is 0.300. The Morgan fingerprint density at radius 3 is 2.53 bits per heavy atom. The van der Waals surface area contributed by atoms with E-state index in [4.69, 9.17) is 0 Å². The molecule has 0 N–H and O–H groups in total. The molecule has 1 aromatic rings. The van der Waals surface area contributed by atoms with Crippen molar-refractivity contribution >= 4 is 27.4 Å². The van der Waals surface area contributed by atoms with Gasteiger partial charge in [-0.15, -0.1) is 13.2 Å². The van der Waals surface area contributed by atoms with Crippen LogP contribution in [0.4, 0.5) is 18.9 Å². The molecule has 0 aromatic heterocycles. The molecule has 0 amide bonds. The first-order valence-corrected chi connectivity index (χ1v) is 6.00. The normalized spacial score (nSPS) is 11.2. The number of ketones is 1. The minimum Gasteiger partial charge on any atom is -0.398 e. The van der Waals surface area contributed by atoms with Crippen LogP contribution >= 0.6 is 15.9 Å². The van der Waals surface area contributed by atoms with Crippen molar-refractivity contribution in [2.24, 2.45) is 0 Å². The van der Waals surface area contributed by atoms with Crippen molar-refractivity contribution in [3.63, 3.8) is 0 Å². The molecule has 0 unspecified atom stereocenters. The van der Waals surface area contributed by atoms with E-state index in [1.807, 2.05) is 0 Å². The van der Waals surface area contributed by atoms with Crippen molar-refractivity contribution in [2.45, 2.75) is 12.8 Å². The van der Waals surface area contributed by atoms with Crippen LogP contribution in [0.25, 0.3) is 0 Å². The minimum absolute atomic E-state index is 0.0731. The number of nitro groups is 1. The van der Waals surface area contributed by atoms with E-state index in [1.54, 1.807) is 0 Å². The summed E-state index contributed by atoms with van der Waals surface area (Å²) in [6, 6.07) is 2.97. The van der Waals surface area contributed by atoms with Crippen molar-refractivity contribution in [3.05, 3.63) is 33.9 Å². The number of para-hydroxylation sites is 1. The van der Waals surface area contributed by atoms with Crippen LogP contribution in [0.15, 0.2) is 18.2 Å². The number of alkyl halides is 4. The van der Waals surface area contributed by atoms with E-state index in [0.29, 0.717) is 0 Å². The molecule has 0 saturated heterocycles. The number of carbonyl (C=O) groups excluding carboxylic acids is 1. The Bertz CT molecular complexity index is 504. The molecule has 0 atom stereocenters. The molecule has 1 aromatic carbocycles. The largest absolute Gasteiger partial charge is 0.573 e. The molecule has 1 rings (SSSR count). The van der Waals surface area contributed by atoms with Gasteiger partial charge in [-0.05, 0) is 12.1 Å². The highest BCUT2D eigenvalue weighted by Gasteiger charge is 2.36. The van der Waals surface area contributed by atoms with E-state index in [9.17, 15) is 28.1 Å². The summed E-state index contributed by atoms with van der Waals surface area (Å²) < 4.78 is 39.9. The highest BCUT2D eigenvalue weighted by atomic mass is 79.9. The summed E-state index contributed by atoms with van der Waals surface area (Å²) in [4.78, 5) is 21.4. The Labute approximate surface area is 113 Å². The lowest BCUT2D eigenvalue weighted by Crippen LogP contribution is -2.18. The van der Waals surface area contributed by atoms with Crippen molar-refractivity contribution in [3.8, 4) is 5.75 Å². The molecule has 19 heavy (non-hydrogen) atoms. The molecule has 0 heterocycles. The van der Waals surface area contributed by atoms with Gasteiger partial charge < -0.3 is 4.74 Å². The molecule has 104 valence electrons. The van der Waals surface area contributed by atoms with Crippen LogP contribution < -0.4 is 4.74 Å². The zero-order chi connectivity index (χ0) is 14.6. The minimum atomic E-state index is -5.07. The molecule has 0 bridgehead atoms. The summed E-state index contributed by atoms with van der Waals surface area (Å²) in [5, 5.41) is 11.1. The van der Waals surface area contributed by atoms with E-state index < -0.39 is 34.1 Å². The molecule has 0 saturated carbocycles. The molecule has 0 radical (unpaired) electrons. The third-order valence-electron chi connectivity index (χ3n) is 2.03. The second-order valence-corrected chi connectivity index (χ2v) is 4.11. The first-order valence-electron chi connectivity index (χ1n) is 4.88. The van der Waals surface area contributed by atoms with Gasteiger partial charge in [0.1, 0.15) is 0 Å². The van der Waals surface area contributed by atoms with Gasteiger partial charge in [0.05, 0.1) is 10.5 Å². The van der Waals surface area contributed by atoms with Crippen LogP contribution in [0.3, 0.4) is 0 Å². The summed E-state index contributed by atoms with van der Waals surface area (Å²) in [7, 11) is 0. The fourth-order valence-electron chi connectivity index (χ4n) is 1.36. The fourth-order valence-corrected chi connectivity index (χ4v) is 1.72. The van der Waals surface area contributed by atoms with Gasteiger partial charge in [0, 0.05) is 11.8 Å². The number of carbonyl (C=O) groups is 1. The predicted octanol–water partition coefficient (Wildman–Crippen LogP) is 3.46. The molecule has 0 aliphatic heterocycles. The summed E-state index contributed by atoms with van der Waals surface area (Å²) in [5.41, 5.74) is -1.39. The number of Topliss-reactive ketones (excluding diaryl/α,β-unsaturated/α-hetero) is 1. The molecule has 0 aliphatic carbocycles. The Kier molecular flexibility index (Phi) is 4.87. The number of hydrogen-bond acceptors (Lipinski definition) is 4. The Morgan fingerprint density at radius 2 is 2.05 bits per heavy atom. The molecule has 0 spiro atoms. The average molecular weight is 342 g/mol. The van der Waals surface area contributed by atoms with Gasteiger partial charge in [0.2, 0.25) is 5.75 Å². The van der Waals surface area contributed by atoms with Gasteiger partial charge in [0.25, 0.3) is 0 Å². The predicted molar refractivity (Wildman–Crippen MR) is 62.5 cm³/mol. The third-order valence-corrected chi connectivity index (χ3v) is 2.43. The van der Waals surface area contributed by atoms with Crippen molar-refractivity contribution in [2.75, 3.05) is 5.33 Å². The number of nitrogens with zero attached hydrogens (tertiary/aromatic N) is 1.